The SMILES string of the molecule is Cc1ccc(C)c(CN2C(=O)/C(=C/c3ccc(C(=O)NCCCOC(C)C)cc3)SC3CCCCC32)c1. The molecule has 0 radical (unpaired) electrons. The third kappa shape index (κ3) is 7.26. The van der Waals surface area contributed by atoms with Crippen LogP contribution in [-0.2, 0) is 16.1 Å². The number of hydrogen-bond acceptors (Lipinski definition) is 4. The molecule has 1 heterocycles. The fourth-order valence-electron chi connectivity index (χ4n) is 5.09. The number of rotatable bonds is 9. The summed E-state index contributed by atoms with van der Waals surface area (Å²) < 4.78 is 5.52. The number of ether oxygens (including phenoxy) is 1. The lowest BCUT2D eigenvalue weighted by Gasteiger charge is -2.44. The van der Waals surface area contributed by atoms with Crippen LogP contribution in [0.3, 0.4) is 0 Å². The monoisotopic (exact) mass is 520 g/mol. The van der Waals surface area contributed by atoms with E-state index in [-0.39, 0.29) is 17.9 Å². The molecule has 1 saturated heterocycles. The summed E-state index contributed by atoms with van der Waals surface area (Å²) in [5.74, 6) is 0.0381. The Kier molecular flexibility index (Phi) is 9.49. The van der Waals surface area contributed by atoms with Crippen LogP contribution in [0.4, 0.5) is 0 Å². The van der Waals surface area contributed by atoms with Gasteiger partial charge < -0.3 is 15.0 Å². The molecule has 1 saturated carbocycles. The Morgan fingerprint density at radius 2 is 1.89 bits per heavy atom. The molecule has 198 valence electrons. The molecule has 2 aromatic carbocycles. The van der Waals surface area contributed by atoms with Gasteiger partial charge in [0, 0.05) is 36.6 Å². The molecule has 2 amide bonds. The summed E-state index contributed by atoms with van der Waals surface area (Å²) in [6.45, 7) is 10.1. The number of aryl methyl sites for hydroxylation is 2. The minimum Gasteiger partial charge on any atom is -0.379 e. The van der Waals surface area contributed by atoms with Crippen molar-refractivity contribution >= 4 is 29.7 Å². The first kappa shape index (κ1) is 27.5. The van der Waals surface area contributed by atoms with Crippen molar-refractivity contribution in [3.05, 3.63) is 75.2 Å². The van der Waals surface area contributed by atoms with Gasteiger partial charge in [0.05, 0.1) is 11.0 Å². The highest BCUT2D eigenvalue weighted by Gasteiger charge is 2.40. The van der Waals surface area contributed by atoms with Gasteiger partial charge >= 0.3 is 0 Å². The molecule has 2 unspecified atom stereocenters. The van der Waals surface area contributed by atoms with E-state index in [1.165, 1.54) is 29.5 Å². The van der Waals surface area contributed by atoms with E-state index in [2.05, 4.69) is 42.3 Å². The van der Waals surface area contributed by atoms with E-state index in [0.29, 0.717) is 36.6 Å². The molecule has 0 aromatic heterocycles. The van der Waals surface area contributed by atoms with E-state index in [9.17, 15) is 9.59 Å². The lowest BCUT2D eigenvalue weighted by atomic mass is 9.92. The van der Waals surface area contributed by atoms with Gasteiger partial charge in [0.15, 0.2) is 0 Å². The zero-order chi connectivity index (χ0) is 26.4. The molecule has 1 aliphatic carbocycles. The molecule has 0 spiro atoms. The lowest BCUT2D eigenvalue weighted by Crippen LogP contribution is -2.50. The van der Waals surface area contributed by atoms with Crippen LogP contribution in [0.1, 0.15) is 78.6 Å². The molecule has 4 rings (SSSR count). The minimum atomic E-state index is -0.0865. The van der Waals surface area contributed by atoms with Crippen molar-refractivity contribution < 1.29 is 14.3 Å². The van der Waals surface area contributed by atoms with Crippen molar-refractivity contribution in [3.63, 3.8) is 0 Å². The standard InChI is InChI=1S/C31H40N2O3S/c1-21(2)36-17-7-16-32-30(34)25-14-12-24(13-15-25)19-29-31(35)33(27-8-5-6-9-28(27)37-29)20-26-18-22(3)10-11-23(26)4/h10-15,18-19,21,27-28H,5-9,16-17,20H2,1-4H3,(H,32,34)/b29-19-. The number of fused-ring (bicyclic) bond motifs is 1. The van der Waals surface area contributed by atoms with Gasteiger partial charge in [0.2, 0.25) is 0 Å². The third-order valence-corrected chi connectivity index (χ3v) is 8.59. The van der Waals surface area contributed by atoms with Gasteiger partial charge in [-0.3, -0.25) is 9.59 Å². The van der Waals surface area contributed by atoms with Crippen molar-refractivity contribution in [2.45, 2.75) is 83.7 Å². The fraction of sp³-hybridized carbons (Fsp3) is 0.484. The summed E-state index contributed by atoms with van der Waals surface area (Å²) in [5, 5.41) is 3.39. The molecular weight excluding hydrogens is 480 g/mol. The predicted molar refractivity (Wildman–Crippen MR) is 153 cm³/mol. The summed E-state index contributed by atoms with van der Waals surface area (Å²) in [5.41, 5.74) is 5.26. The zero-order valence-electron chi connectivity index (χ0n) is 22.6. The minimum absolute atomic E-state index is 0.0865. The van der Waals surface area contributed by atoms with Gasteiger partial charge in [-0.25, -0.2) is 0 Å². The molecule has 1 aliphatic heterocycles. The lowest BCUT2D eigenvalue weighted by molar-refractivity contribution is -0.130. The molecule has 2 aliphatic rings. The molecule has 2 fully saturated rings. The molecular formula is C31H40N2O3S. The second-order valence-electron chi connectivity index (χ2n) is 10.5. The summed E-state index contributed by atoms with van der Waals surface area (Å²) in [6.07, 6.45) is 7.62. The maximum absolute atomic E-state index is 13.7. The van der Waals surface area contributed by atoms with E-state index in [1.54, 1.807) is 11.8 Å². The highest BCUT2D eigenvalue weighted by molar-refractivity contribution is 8.04. The maximum Gasteiger partial charge on any atom is 0.260 e. The van der Waals surface area contributed by atoms with Gasteiger partial charge in [-0.1, -0.05) is 48.7 Å². The van der Waals surface area contributed by atoms with E-state index in [4.69, 9.17) is 4.74 Å². The number of nitrogens with zero attached hydrogens (tertiary/aromatic N) is 1. The number of nitrogens with one attached hydrogen (secondary N) is 1. The van der Waals surface area contributed by atoms with Crippen LogP contribution in [0.25, 0.3) is 6.08 Å². The first-order valence-electron chi connectivity index (χ1n) is 13.6. The van der Waals surface area contributed by atoms with Crippen LogP contribution in [0.2, 0.25) is 0 Å². The van der Waals surface area contributed by atoms with Gasteiger partial charge in [-0.2, -0.15) is 0 Å². The summed E-state index contributed by atoms with van der Waals surface area (Å²) >= 11 is 1.75. The van der Waals surface area contributed by atoms with Crippen molar-refractivity contribution in [1.29, 1.82) is 0 Å². The molecule has 1 N–H and O–H groups in total. The number of carbonyl (C=O) groups excluding carboxylic acids is 2. The van der Waals surface area contributed by atoms with Gasteiger partial charge in [-0.05, 0) is 81.9 Å². The van der Waals surface area contributed by atoms with Crippen LogP contribution in [0.5, 0.6) is 0 Å². The number of carbonyl (C=O) groups is 2. The predicted octanol–water partition coefficient (Wildman–Crippen LogP) is 6.28. The van der Waals surface area contributed by atoms with E-state index < -0.39 is 0 Å². The molecule has 2 atom stereocenters. The Bertz CT molecular complexity index is 1130. The Labute approximate surface area is 226 Å². The van der Waals surface area contributed by atoms with Crippen molar-refractivity contribution in [2.75, 3.05) is 13.2 Å². The van der Waals surface area contributed by atoms with E-state index >= 15 is 0 Å². The highest BCUT2D eigenvalue weighted by atomic mass is 32.2. The normalized spacial score (nSPS) is 20.8. The van der Waals surface area contributed by atoms with Crippen molar-refractivity contribution in [2.24, 2.45) is 0 Å². The number of hydrogen-bond donors (Lipinski definition) is 1. The second-order valence-corrected chi connectivity index (χ2v) is 11.8. The number of amides is 2. The largest absolute Gasteiger partial charge is 0.379 e. The number of benzene rings is 2. The van der Waals surface area contributed by atoms with Crippen molar-refractivity contribution in [1.82, 2.24) is 10.2 Å². The molecule has 6 heteroatoms. The van der Waals surface area contributed by atoms with E-state index in [0.717, 1.165) is 29.7 Å². The second kappa shape index (κ2) is 12.8. The Balaban J connectivity index is 1.45. The number of thioether (sulfide) groups is 1. The van der Waals surface area contributed by atoms with Crippen LogP contribution >= 0.6 is 11.8 Å². The van der Waals surface area contributed by atoms with Gasteiger partial charge in [0.1, 0.15) is 0 Å². The first-order chi connectivity index (χ1) is 17.8. The van der Waals surface area contributed by atoms with Gasteiger partial charge in [0.25, 0.3) is 11.8 Å². The van der Waals surface area contributed by atoms with Crippen LogP contribution in [0.15, 0.2) is 47.4 Å². The smallest absolute Gasteiger partial charge is 0.260 e. The fourth-order valence-corrected chi connectivity index (χ4v) is 6.57. The molecule has 37 heavy (non-hydrogen) atoms. The Morgan fingerprint density at radius 1 is 1.14 bits per heavy atom. The Hall–Kier alpha value is -2.57. The molecule has 5 nitrogen and oxygen atoms in total. The summed E-state index contributed by atoms with van der Waals surface area (Å²) in [4.78, 5) is 29.2. The van der Waals surface area contributed by atoms with Crippen LogP contribution < -0.4 is 5.32 Å². The maximum atomic E-state index is 13.7. The van der Waals surface area contributed by atoms with E-state index in [1.807, 2.05) is 44.2 Å². The third-order valence-electron chi connectivity index (χ3n) is 7.19. The van der Waals surface area contributed by atoms with Gasteiger partial charge in [-0.15, -0.1) is 11.8 Å². The average Bonchev–Trinajstić information content (AvgIpc) is 2.88. The first-order valence-corrected chi connectivity index (χ1v) is 14.4. The molecule has 2 aromatic rings. The van der Waals surface area contributed by atoms with Crippen molar-refractivity contribution in [3.8, 4) is 0 Å². The topological polar surface area (TPSA) is 58.6 Å². The quantitative estimate of drug-likeness (QED) is 0.312. The van der Waals surface area contributed by atoms with Crippen LogP contribution in [-0.4, -0.2) is 47.3 Å². The summed E-state index contributed by atoms with van der Waals surface area (Å²) in [6, 6.07) is 14.3. The summed E-state index contributed by atoms with van der Waals surface area (Å²) in [7, 11) is 0. The Morgan fingerprint density at radius 3 is 2.65 bits per heavy atom. The molecule has 0 bridgehead atoms. The highest BCUT2D eigenvalue weighted by Crippen LogP contribution is 2.43. The zero-order valence-corrected chi connectivity index (χ0v) is 23.4. The average molecular weight is 521 g/mol. The van der Waals surface area contributed by atoms with Crippen LogP contribution in [0, 0.1) is 13.8 Å².